The molecule has 4 nitrogen and oxygen atoms in total. The van der Waals surface area contributed by atoms with Crippen LogP contribution in [0.5, 0.6) is 0 Å². The first kappa shape index (κ1) is 28.4. The van der Waals surface area contributed by atoms with Crippen molar-refractivity contribution in [2.24, 2.45) is 0 Å². The third-order valence-corrected chi connectivity index (χ3v) is 4.71. The van der Waals surface area contributed by atoms with E-state index in [1.807, 2.05) is 13.0 Å². The van der Waals surface area contributed by atoms with E-state index in [1.165, 1.54) is 12.1 Å². The fourth-order valence-corrected chi connectivity index (χ4v) is 3.02. The molecule has 178 valence electrons. The number of ketones is 1. The Hall–Kier alpha value is -2.61. The molecule has 0 aliphatic carbocycles. The molecule has 0 bridgehead atoms. The molecular formula is C24H25Cl2F3N2O2. The molecule has 0 fully saturated rings. The number of hydrogen-bond donors (Lipinski definition) is 2. The van der Waals surface area contributed by atoms with Gasteiger partial charge in [-0.05, 0) is 56.7 Å². The van der Waals surface area contributed by atoms with E-state index in [0.717, 1.165) is 11.6 Å². The fraction of sp³-hybridized carbons (Fsp3) is 0.250. The third-order valence-electron chi connectivity index (χ3n) is 4.05. The summed E-state index contributed by atoms with van der Waals surface area (Å²) in [5, 5.41) is 10.7. The van der Waals surface area contributed by atoms with Crippen molar-refractivity contribution in [3.63, 3.8) is 0 Å². The first-order valence-corrected chi connectivity index (χ1v) is 10.6. The third kappa shape index (κ3) is 8.68. The van der Waals surface area contributed by atoms with Crippen LogP contribution in [0, 0.1) is 13.8 Å². The van der Waals surface area contributed by atoms with Crippen LogP contribution >= 0.6 is 23.2 Å². The number of pyridine rings is 1. The predicted octanol–water partition coefficient (Wildman–Crippen LogP) is 6.98. The van der Waals surface area contributed by atoms with Crippen LogP contribution < -0.4 is 5.32 Å². The van der Waals surface area contributed by atoms with Gasteiger partial charge in [-0.1, -0.05) is 47.0 Å². The van der Waals surface area contributed by atoms with E-state index in [-0.39, 0.29) is 17.4 Å². The molecule has 0 saturated heterocycles. The van der Waals surface area contributed by atoms with Crippen molar-refractivity contribution in [1.82, 2.24) is 4.98 Å². The number of halogens is 5. The maximum atomic E-state index is 12.4. The molecule has 0 saturated carbocycles. The molecule has 0 spiro atoms. The topological polar surface area (TPSA) is 62.2 Å². The first-order valence-electron chi connectivity index (χ1n) is 9.84. The van der Waals surface area contributed by atoms with Gasteiger partial charge in [-0.2, -0.15) is 13.2 Å². The number of nitrogens with one attached hydrogen (secondary N) is 1. The van der Waals surface area contributed by atoms with Gasteiger partial charge in [0, 0.05) is 25.4 Å². The number of benzene rings is 2. The molecule has 0 amide bonds. The molecular weight excluding hydrogens is 476 g/mol. The molecule has 0 unspecified atom stereocenters. The van der Waals surface area contributed by atoms with Crippen LogP contribution in [0.2, 0.25) is 10.0 Å². The number of aliphatic hydroxyl groups is 1. The summed E-state index contributed by atoms with van der Waals surface area (Å²) >= 11 is 11.4. The lowest BCUT2D eigenvalue weighted by atomic mass is 10.1. The van der Waals surface area contributed by atoms with E-state index >= 15 is 0 Å². The Kier molecular flexibility index (Phi) is 11.4. The molecule has 2 N–H and O–H groups in total. The van der Waals surface area contributed by atoms with Gasteiger partial charge in [0.05, 0.1) is 21.3 Å². The summed E-state index contributed by atoms with van der Waals surface area (Å²) in [6.45, 7) is 5.45. The van der Waals surface area contributed by atoms with Crippen molar-refractivity contribution in [3.05, 3.63) is 92.7 Å². The molecule has 33 heavy (non-hydrogen) atoms. The number of alkyl halides is 3. The summed E-state index contributed by atoms with van der Waals surface area (Å²) in [5.41, 5.74) is 2.33. The Morgan fingerprint density at radius 1 is 1.03 bits per heavy atom. The Bertz CT molecular complexity index is 1070. The molecule has 1 aromatic heterocycles. The van der Waals surface area contributed by atoms with Crippen LogP contribution in [0.4, 0.5) is 18.9 Å². The number of carbonyl (C=O) groups is 1. The zero-order valence-electron chi connectivity index (χ0n) is 18.6. The van der Waals surface area contributed by atoms with Crippen molar-refractivity contribution in [2.45, 2.75) is 26.9 Å². The van der Waals surface area contributed by atoms with Crippen LogP contribution in [0.25, 0.3) is 0 Å². The van der Waals surface area contributed by atoms with E-state index in [1.54, 1.807) is 51.4 Å². The van der Waals surface area contributed by atoms with E-state index in [0.29, 0.717) is 27.5 Å². The minimum Gasteiger partial charge on any atom is -0.397 e. The van der Waals surface area contributed by atoms with E-state index < -0.39 is 11.7 Å². The second-order valence-corrected chi connectivity index (χ2v) is 7.58. The van der Waals surface area contributed by atoms with Crippen molar-refractivity contribution < 1.29 is 23.1 Å². The average molecular weight is 501 g/mol. The van der Waals surface area contributed by atoms with Gasteiger partial charge < -0.3 is 10.4 Å². The number of aromatic nitrogens is 1. The van der Waals surface area contributed by atoms with Gasteiger partial charge in [-0.25, -0.2) is 0 Å². The lowest BCUT2D eigenvalue weighted by Gasteiger charge is -2.09. The highest BCUT2D eigenvalue weighted by Crippen LogP contribution is 2.34. The summed E-state index contributed by atoms with van der Waals surface area (Å²) in [6, 6.07) is 12.7. The van der Waals surface area contributed by atoms with Gasteiger partial charge in [-0.3, -0.25) is 9.78 Å². The highest BCUT2D eigenvalue weighted by molar-refractivity contribution is 6.35. The molecule has 0 aliphatic heterocycles. The van der Waals surface area contributed by atoms with Gasteiger partial charge in [0.15, 0.2) is 0 Å². The number of aryl methyl sites for hydroxylation is 2. The summed E-state index contributed by atoms with van der Waals surface area (Å²) in [5.74, 6) is -0.176. The molecule has 0 aliphatic rings. The molecule has 0 atom stereocenters. The van der Waals surface area contributed by atoms with Gasteiger partial charge in [-0.15, -0.1) is 0 Å². The molecule has 3 aromatic rings. The summed E-state index contributed by atoms with van der Waals surface area (Å²) in [4.78, 5) is 16.6. The monoisotopic (exact) mass is 500 g/mol. The first-order chi connectivity index (χ1) is 15.5. The lowest BCUT2D eigenvalue weighted by molar-refractivity contribution is -0.137. The Morgan fingerprint density at radius 3 is 2.15 bits per heavy atom. The Labute approximate surface area is 201 Å². The van der Waals surface area contributed by atoms with Crippen molar-refractivity contribution in [2.75, 3.05) is 19.0 Å². The largest absolute Gasteiger partial charge is 0.417 e. The maximum absolute atomic E-state index is 12.4. The summed E-state index contributed by atoms with van der Waals surface area (Å²) < 4.78 is 36.4. The van der Waals surface area contributed by atoms with E-state index in [2.05, 4.69) is 10.3 Å². The fourth-order valence-electron chi connectivity index (χ4n) is 2.57. The molecule has 1 heterocycles. The van der Waals surface area contributed by atoms with Crippen molar-refractivity contribution in [3.8, 4) is 0 Å². The normalized spacial score (nSPS) is 10.4. The maximum Gasteiger partial charge on any atom is 0.417 e. The van der Waals surface area contributed by atoms with Crippen LogP contribution in [-0.2, 0) is 6.18 Å². The van der Waals surface area contributed by atoms with Gasteiger partial charge in [0.25, 0.3) is 0 Å². The number of aliphatic hydroxyl groups excluding tert-OH is 1. The van der Waals surface area contributed by atoms with E-state index in [9.17, 15) is 18.0 Å². The quantitative estimate of drug-likeness (QED) is 0.380. The SMILES string of the molecule is CCO.CNc1cc(C)cnc1C(=O)c1ccccc1Cl.Cc1ccc(Cl)c(C(F)(F)F)c1. The minimum absolute atomic E-state index is 0.176. The number of rotatable bonds is 3. The van der Waals surface area contributed by atoms with Crippen LogP contribution in [0.1, 0.15) is 39.7 Å². The highest BCUT2D eigenvalue weighted by atomic mass is 35.5. The van der Waals surface area contributed by atoms with Gasteiger partial charge >= 0.3 is 6.18 Å². The van der Waals surface area contributed by atoms with Gasteiger partial charge in [0.2, 0.25) is 5.78 Å². The molecule has 0 radical (unpaired) electrons. The summed E-state index contributed by atoms with van der Waals surface area (Å²) in [6.07, 6.45) is -2.69. The van der Waals surface area contributed by atoms with Gasteiger partial charge in [0.1, 0.15) is 5.69 Å². The smallest absolute Gasteiger partial charge is 0.397 e. The highest BCUT2D eigenvalue weighted by Gasteiger charge is 2.32. The number of hydrogen-bond acceptors (Lipinski definition) is 4. The van der Waals surface area contributed by atoms with E-state index in [4.69, 9.17) is 28.3 Å². The molecule has 2 aromatic carbocycles. The molecule has 9 heteroatoms. The number of nitrogens with zero attached hydrogens (tertiary/aromatic N) is 1. The van der Waals surface area contributed by atoms with Crippen molar-refractivity contribution in [1.29, 1.82) is 0 Å². The zero-order chi connectivity index (χ0) is 25.2. The minimum atomic E-state index is -4.36. The van der Waals surface area contributed by atoms with Crippen LogP contribution in [-0.4, -0.2) is 29.5 Å². The van der Waals surface area contributed by atoms with Crippen LogP contribution in [0.3, 0.4) is 0 Å². The number of anilines is 1. The summed E-state index contributed by atoms with van der Waals surface area (Å²) in [7, 11) is 1.76. The number of carbonyl (C=O) groups excluding carboxylic acids is 1. The predicted molar refractivity (Wildman–Crippen MR) is 127 cm³/mol. The Morgan fingerprint density at radius 2 is 1.64 bits per heavy atom. The van der Waals surface area contributed by atoms with Crippen molar-refractivity contribution >= 4 is 34.7 Å². The Balaban J connectivity index is 0.000000314. The second kappa shape index (κ2) is 13.2. The van der Waals surface area contributed by atoms with Crippen LogP contribution in [0.15, 0.2) is 54.7 Å². The second-order valence-electron chi connectivity index (χ2n) is 6.77. The zero-order valence-corrected chi connectivity index (χ0v) is 20.1. The average Bonchev–Trinajstić information content (AvgIpc) is 2.75. The standard InChI is InChI=1S/C14H13ClN2O.C8H6ClF3.C2H6O/c1-9-7-12(16-2)13(17-8-9)14(18)10-5-3-4-6-11(10)15;1-5-2-3-7(9)6(4-5)8(10,11)12;1-2-3/h3-8,16H,1-2H3;2-4H,1H3;3H,2H2,1H3. The molecule has 3 rings (SSSR count). The lowest BCUT2D eigenvalue weighted by Crippen LogP contribution is -2.09.